The predicted octanol–water partition coefficient (Wildman–Crippen LogP) is 3.37. The van der Waals surface area contributed by atoms with Gasteiger partial charge in [0.2, 0.25) is 0 Å². The van der Waals surface area contributed by atoms with Crippen LogP contribution in [-0.4, -0.2) is 5.78 Å². The summed E-state index contributed by atoms with van der Waals surface area (Å²) in [7, 11) is 0. The predicted molar refractivity (Wildman–Crippen MR) is 60.0 cm³/mol. The highest BCUT2D eigenvalue weighted by Crippen LogP contribution is 2.33. The Hall–Kier alpha value is -0.850. The molecule has 0 aromatic heterocycles. The Morgan fingerprint density at radius 3 is 2.86 bits per heavy atom. The smallest absolute Gasteiger partial charge is 0.159 e. The lowest BCUT2D eigenvalue weighted by Gasteiger charge is -2.30. The number of carbonyl (C=O) groups excluding carboxylic acids is 1. The zero-order valence-corrected chi connectivity index (χ0v) is 9.36. The van der Waals surface area contributed by atoms with Crippen molar-refractivity contribution in [2.45, 2.75) is 33.6 Å². The second kappa shape index (κ2) is 5.14. The van der Waals surface area contributed by atoms with Crippen LogP contribution >= 0.6 is 0 Å². The first-order valence-electron chi connectivity index (χ1n) is 5.53. The fourth-order valence-corrected chi connectivity index (χ4v) is 2.35. The van der Waals surface area contributed by atoms with Gasteiger partial charge < -0.3 is 0 Å². The number of allylic oxidation sites excluding steroid dienone is 4. The van der Waals surface area contributed by atoms with Crippen molar-refractivity contribution in [3.05, 3.63) is 24.3 Å². The lowest BCUT2D eigenvalue weighted by Crippen LogP contribution is -2.29. The first-order chi connectivity index (χ1) is 6.70. The van der Waals surface area contributed by atoms with Crippen LogP contribution in [0.5, 0.6) is 0 Å². The summed E-state index contributed by atoms with van der Waals surface area (Å²) < 4.78 is 0. The zero-order valence-electron chi connectivity index (χ0n) is 9.36. The molecule has 0 aromatic rings. The maximum Gasteiger partial charge on any atom is 0.159 e. The van der Waals surface area contributed by atoms with Crippen LogP contribution in [0.1, 0.15) is 33.6 Å². The van der Waals surface area contributed by atoms with Gasteiger partial charge in [-0.3, -0.25) is 4.79 Å². The molecule has 1 rings (SSSR count). The highest BCUT2D eigenvalue weighted by molar-refractivity contribution is 5.92. The summed E-state index contributed by atoms with van der Waals surface area (Å²) in [6.07, 6.45) is 10.1. The number of ketones is 1. The van der Waals surface area contributed by atoms with E-state index in [4.69, 9.17) is 0 Å². The molecule has 0 amide bonds. The minimum absolute atomic E-state index is 0.209. The van der Waals surface area contributed by atoms with Crippen molar-refractivity contribution in [3.8, 4) is 0 Å². The molecule has 0 fully saturated rings. The third-order valence-electron chi connectivity index (χ3n) is 3.14. The third kappa shape index (κ3) is 2.34. The van der Waals surface area contributed by atoms with Gasteiger partial charge in [-0.15, -0.1) is 0 Å². The molecule has 3 unspecified atom stereocenters. The van der Waals surface area contributed by atoms with Crippen LogP contribution in [0.25, 0.3) is 0 Å². The molecule has 0 aliphatic heterocycles. The molecule has 0 spiro atoms. The normalized spacial score (nSPS) is 32.4. The van der Waals surface area contributed by atoms with E-state index in [0.29, 0.717) is 17.6 Å². The molecule has 0 bridgehead atoms. The average Bonchev–Trinajstić information content (AvgIpc) is 2.17. The average molecular weight is 192 g/mol. The van der Waals surface area contributed by atoms with Crippen molar-refractivity contribution in [2.24, 2.45) is 17.8 Å². The van der Waals surface area contributed by atoms with Crippen LogP contribution in [0, 0.1) is 17.8 Å². The van der Waals surface area contributed by atoms with Crippen molar-refractivity contribution in [2.75, 3.05) is 0 Å². The van der Waals surface area contributed by atoms with Crippen molar-refractivity contribution >= 4 is 5.78 Å². The van der Waals surface area contributed by atoms with Crippen LogP contribution in [0.3, 0.4) is 0 Å². The summed E-state index contributed by atoms with van der Waals surface area (Å²) in [5.41, 5.74) is 0. The van der Waals surface area contributed by atoms with Gasteiger partial charge in [0.15, 0.2) is 5.78 Å². The second-order valence-corrected chi connectivity index (χ2v) is 4.12. The zero-order chi connectivity index (χ0) is 10.6. The van der Waals surface area contributed by atoms with E-state index in [1.807, 2.05) is 13.0 Å². The first-order valence-corrected chi connectivity index (χ1v) is 5.53. The lowest BCUT2D eigenvalue weighted by molar-refractivity contribution is -0.121. The van der Waals surface area contributed by atoms with E-state index < -0.39 is 0 Å². The number of hydrogen-bond acceptors (Lipinski definition) is 1. The molecule has 0 saturated carbocycles. The maximum absolute atomic E-state index is 11.9. The summed E-state index contributed by atoms with van der Waals surface area (Å²) in [6, 6.07) is 0. The Morgan fingerprint density at radius 2 is 2.29 bits per heavy atom. The van der Waals surface area contributed by atoms with Gasteiger partial charge in [0, 0.05) is 5.92 Å². The SMILES string of the molecule is C/C=C/C(=O)C1C(C)C=CCC1CC. The summed E-state index contributed by atoms with van der Waals surface area (Å²) in [6.45, 7) is 6.22. The summed E-state index contributed by atoms with van der Waals surface area (Å²) >= 11 is 0. The summed E-state index contributed by atoms with van der Waals surface area (Å²) in [5, 5.41) is 0. The van der Waals surface area contributed by atoms with Crippen molar-refractivity contribution < 1.29 is 4.79 Å². The van der Waals surface area contributed by atoms with Gasteiger partial charge in [0.25, 0.3) is 0 Å². The van der Waals surface area contributed by atoms with Gasteiger partial charge in [-0.2, -0.15) is 0 Å². The van der Waals surface area contributed by atoms with Crippen LogP contribution in [0.15, 0.2) is 24.3 Å². The largest absolute Gasteiger partial charge is 0.295 e. The van der Waals surface area contributed by atoms with Crippen molar-refractivity contribution in [3.63, 3.8) is 0 Å². The molecule has 0 N–H and O–H groups in total. The molecular formula is C13H20O. The maximum atomic E-state index is 11.9. The Morgan fingerprint density at radius 1 is 1.57 bits per heavy atom. The standard InChI is InChI=1S/C13H20O/c1-4-7-12(14)13-10(3)8-6-9-11(13)5-2/h4,6-8,10-11,13H,5,9H2,1-3H3/b7-4+. The van der Waals surface area contributed by atoms with E-state index in [9.17, 15) is 4.79 Å². The molecule has 78 valence electrons. The van der Waals surface area contributed by atoms with Gasteiger partial charge in [0.1, 0.15) is 0 Å². The Balaban J connectivity index is 2.80. The third-order valence-corrected chi connectivity index (χ3v) is 3.14. The van der Waals surface area contributed by atoms with E-state index in [2.05, 4.69) is 26.0 Å². The highest BCUT2D eigenvalue weighted by Gasteiger charge is 2.30. The first kappa shape index (κ1) is 11.2. The van der Waals surface area contributed by atoms with Crippen LogP contribution in [0.2, 0.25) is 0 Å². The monoisotopic (exact) mass is 192 g/mol. The van der Waals surface area contributed by atoms with Gasteiger partial charge in [0.05, 0.1) is 0 Å². The van der Waals surface area contributed by atoms with E-state index in [0.717, 1.165) is 12.8 Å². The number of hydrogen-bond donors (Lipinski definition) is 0. The molecule has 14 heavy (non-hydrogen) atoms. The molecule has 1 aliphatic rings. The van der Waals surface area contributed by atoms with Crippen LogP contribution in [-0.2, 0) is 4.79 Å². The van der Waals surface area contributed by atoms with Crippen molar-refractivity contribution in [1.29, 1.82) is 0 Å². The lowest BCUT2D eigenvalue weighted by atomic mass is 9.73. The molecule has 3 atom stereocenters. The molecule has 1 nitrogen and oxygen atoms in total. The van der Waals surface area contributed by atoms with E-state index in [1.165, 1.54) is 0 Å². The van der Waals surface area contributed by atoms with Gasteiger partial charge >= 0.3 is 0 Å². The topological polar surface area (TPSA) is 17.1 Å². The molecule has 1 aliphatic carbocycles. The molecular weight excluding hydrogens is 172 g/mol. The highest BCUT2D eigenvalue weighted by atomic mass is 16.1. The quantitative estimate of drug-likeness (QED) is 0.495. The second-order valence-electron chi connectivity index (χ2n) is 4.12. The molecule has 1 heteroatoms. The van der Waals surface area contributed by atoms with E-state index in [1.54, 1.807) is 6.08 Å². The van der Waals surface area contributed by atoms with E-state index in [-0.39, 0.29) is 5.92 Å². The molecule has 0 aromatic carbocycles. The summed E-state index contributed by atoms with van der Waals surface area (Å²) in [4.78, 5) is 11.9. The van der Waals surface area contributed by atoms with Gasteiger partial charge in [-0.1, -0.05) is 38.5 Å². The van der Waals surface area contributed by atoms with Gasteiger partial charge in [-0.25, -0.2) is 0 Å². The number of carbonyl (C=O) groups is 1. The minimum atomic E-state index is 0.209. The Bertz CT molecular complexity index is 250. The fourth-order valence-electron chi connectivity index (χ4n) is 2.35. The Kier molecular flexibility index (Phi) is 4.12. The van der Waals surface area contributed by atoms with Crippen molar-refractivity contribution in [1.82, 2.24) is 0 Å². The molecule has 0 heterocycles. The number of rotatable bonds is 3. The fraction of sp³-hybridized carbons (Fsp3) is 0.615. The van der Waals surface area contributed by atoms with E-state index >= 15 is 0 Å². The summed E-state index contributed by atoms with van der Waals surface area (Å²) in [5.74, 6) is 1.45. The molecule has 0 saturated heterocycles. The van der Waals surface area contributed by atoms with Crippen LogP contribution in [0.4, 0.5) is 0 Å². The minimum Gasteiger partial charge on any atom is -0.295 e. The van der Waals surface area contributed by atoms with Crippen LogP contribution < -0.4 is 0 Å². The van der Waals surface area contributed by atoms with Gasteiger partial charge in [-0.05, 0) is 31.3 Å². The molecule has 0 radical (unpaired) electrons. The Labute approximate surface area is 86.9 Å².